The zero-order valence-electron chi connectivity index (χ0n) is 13.2. The summed E-state index contributed by atoms with van der Waals surface area (Å²) in [6, 6.07) is 13.8. The Morgan fingerprint density at radius 2 is 2.00 bits per heavy atom. The number of hydrogen-bond acceptors (Lipinski definition) is 2. The summed E-state index contributed by atoms with van der Waals surface area (Å²) in [5.41, 5.74) is 2.82. The molecule has 0 aliphatic heterocycles. The SMILES string of the molecule is O=C(Cc1ccccc1Cl)N(Cc1cnc2ccccn12)C1CC1. The molecule has 24 heavy (non-hydrogen) atoms. The van der Waals surface area contributed by atoms with Crippen molar-refractivity contribution in [2.45, 2.75) is 31.8 Å². The Bertz CT molecular complexity index is 885. The highest BCUT2D eigenvalue weighted by molar-refractivity contribution is 6.31. The van der Waals surface area contributed by atoms with Gasteiger partial charge in [0.25, 0.3) is 0 Å². The van der Waals surface area contributed by atoms with Gasteiger partial charge in [0.1, 0.15) is 5.65 Å². The number of nitrogens with zero attached hydrogens (tertiary/aromatic N) is 3. The number of fused-ring (bicyclic) bond motifs is 1. The molecule has 0 atom stereocenters. The van der Waals surface area contributed by atoms with Crippen molar-refractivity contribution >= 4 is 23.2 Å². The van der Waals surface area contributed by atoms with Crippen molar-refractivity contribution in [3.63, 3.8) is 0 Å². The van der Waals surface area contributed by atoms with E-state index in [1.54, 1.807) is 0 Å². The largest absolute Gasteiger partial charge is 0.334 e. The molecule has 4 rings (SSSR count). The first-order valence-electron chi connectivity index (χ1n) is 8.16. The maximum atomic E-state index is 12.8. The number of hydrogen-bond donors (Lipinski definition) is 0. The minimum Gasteiger partial charge on any atom is -0.334 e. The average Bonchev–Trinajstić information content (AvgIpc) is 3.35. The van der Waals surface area contributed by atoms with Crippen LogP contribution in [0, 0.1) is 0 Å². The third kappa shape index (κ3) is 3.02. The second-order valence-electron chi connectivity index (χ2n) is 6.20. The second-order valence-corrected chi connectivity index (χ2v) is 6.61. The maximum absolute atomic E-state index is 12.8. The van der Waals surface area contributed by atoms with Crippen LogP contribution in [0.25, 0.3) is 5.65 Å². The summed E-state index contributed by atoms with van der Waals surface area (Å²) >= 11 is 6.20. The zero-order valence-corrected chi connectivity index (χ0v) is 14.0. The van der Waals surface area contributed by atoms with Crippen LogP contribution in [0.15, 0.2) is 54.9 Å². The van der Waals surface area contributed by atoms with E-state index in [9.17, 15) is 4.79 Å². The molecule has 1 fully saturated rings. The molecule has 2 heterocycles. The summed E-state index contributed by atoms with van der Waals surface area (Å²) in [6.07, 6.45) is 6.33. The van der Waals surface area contributed by atoms with Crippen molar-refractivity contribution in [3.8, 4) is 0 Å². The average molecular weight is 340 g/mol. The highest BCUT2D eigenvalue weighted by atomic mass is 35.5. The lowest BCUT2D eigenvalue weighted by Crippen LogP contribution is -2.34. The molecule has 1 aliphatic carbocycles. The number of rotatable bonds is 5. The summed E-state index contributed by atoms with van der Waals surface area (Å²) in [4.78, 5) is 19.2. The molecule has 0 unspecified atom stereocenters. The summed E-state index contributed by atoms with van der Waals surface area (Å²) in [5, 5.41) is 0.649. The molecule has 0 saturated heterocycles. The molecule has 0 radical (unpaired) electrons. The van der Waals surface area contributed by atoms with Crippen molar-refractivity contribution in [1.29, 1.82) is 0 Å². The molecular weight excluding hydrogens is 322 g/mol. The monoisotopic (exact) mass is 339 g/mol. The molecule has 1 saturated carbocycles. The van der Waals surface area contributed by atoms with E-state index in [2.05, 4.69) is 4.98 Å². The van der Waals surface area contributed by atoms with E-state index < -0.39 is 0 Å². The fraction of sp³-hybridized carbons (Fsp3) is 0.263. The predicted molar refractivity (Wildman–Crippen MR) is 93.9 cm³/mol. The van der Waals surface area contributed by atoms with Crippen molar-refractivity contribution in [1.82, 2.24) is 14.3 Å². The second kappa shape index (κ2) is 6.29. The van der Waals surface area contributed by atoms with E-state index in [0.717, 1.165) is 29.7 Å². The fourth-order valence-electron chi connectivity index (χ4n) is 2.99. The standard InChI is InChI=1S/C19H18ClN3O/c20-17-6-2-1-5-14(17)11-19(24)23(15-8-9-15)13-16-12-21-18-7-3-4-10-22(16)18/h1-7,10,12,15H,8-9,11,13H2. The Hall–Kier alpha value is -2.33. The zero-order chi connectivity index (χ0) is 16.5. The van der Waals surface area contributed by atoms with Crippen molar-refractivity contribution in [2.24, 2.45) is 0 Å². The van der Waals surface area contributed by atoms with Crippen molar-refractivity contribution in [3.05, 3.63) is 71.1 Å². The van der Waals surface area contributed by atoms with Crippen LogP contribution < -0.4 is 0 Å². The van der Waals surface area contributed by atoms with Gasteiger partial charge in [-0.1, -0.05) is 35.9 Å². The Balaban J connectivity index is 1.56. The van der Waals surface area contributed by atoms with Crippen LogP contribution in [0.2, 0.25) is 5.02 Å². The van der Waals surface area contributed by atoms with E-state index in [1.165, 1.54) is 0 Å². The third-order valence-corrected chi connectivity index (χ3v) is 4.80. The highest BCUT2D eigenvalue weighted by Gasteiger charge is 2.33. The van der Waals surface area contributed by atoms with Gasteiger partial charge in [-0.2, -0.15) is 0 Å². The summed E-state index contributed by atoms with van der Waals surface area (Å²) in [5.74, 6) is 0.122. The lowest BCUT2D eigenvalue weighted by molar-refractivity contribution is -0.131. The fourth-order valence-corrected chi connectivity index (χ4v) is 3.19. The van der Waals surface area contributed by atoms with Gasteiger partial charge in [0.2, 0.25) is 5.91 Å². The van der Waals surface area contributed by atoms with Gasteiger partial charge in [-0.15, -0.1) is 0 Å². The lowest BCUT2D eigenvalue weighted by Gasteiger charge is -2.22. The first kappa shape index (κ1) is 15.2. The number of benzene rings is 1. The van der Waals surface area contributed by atoms with Crippen molar-refractivity contribution < 1.29 is 4.79 Å². The molecule has 1 aromatic carbocycles. The minimum atomic E-state index is 0.122. The number of amides is 1. The van der Waals surface area contributed by atoms with Gasteiger partial charge in [-0.05, 0) is 36.6 Å². The molecule has 4 nitrogen and oxygen atoms in total. The Kier molecular flexibility index (Phi) is 3.98. The molecule has 0 N–H and O–H groups in total. The summed E-state index contributed by atoms with van der Waals surface area (Å²) in [7, 11) is 0. The molecule has 0 bridgehead atoms. The Morgan fingerprint density at radius 3 is 2.79 bits per heavy atom. The number of carbonyl (C=O) groups excluding carboxylic acids is 1. The Morgan fingerprint density at radius 1 is 1.21 bits per heavy atom. The molecule has 122 valence electrons. The van der Waals surface area contributed by atoms with Crippen LogP contribution in [-0.4, -0.2) is 26.2 Å². The van der Waals surface area contributed by atoms with Crippen molar-refractivity contribution in [2.75, 3.05) is 0 Å². The van der Waals surface area contributed by atoms with Gasteiger partial charge in [-0.3, -0.25) is 4.79 Å². The molecule has 3 aromatic rings. The van der Waals surface area contributed by atoms with Crippen LogP contribution in [0.1, 0.15) is 24.1 Å². The number of pyridine rings is 1. The molecule has 1 aliphatic rings. The molecule has 2 aromatic heterocycles. The van der Waals surface area contributed by atoms with Gasteiger partial charge in [-0.25, -0.2) is 4.98 Å². The highest BCUT2D eigenvalue weighted by Crippen LogP contribution is 2.29. The van der Waals surface area contributed by atoms with Crippen LogP contribution in [0.5, 0.6) is 0 Å². The first-order chi connectivity index (χ1) is 11.7. The van der Waals surface area contributed by atoms with E-state index in [-0.39, 0.29) is 5.91 Å². The third-order valence-electron chi connectivity index (χ3n) is 4.43. The number of carbonyl (C=O) groups is 1. The molecular formula is C19H18ClN3O. The predicted octanol–water partition coefficient (Wildman–Crippen LogP) is 3.72. The normalized spacial score (nSPS) is 14.0. The van der Waals surface area contributed by atoms with Gasteiger partial charge in [0.05, 0.1) is 24.9 Å². The first-order valence-corrected chi connectivity index (χ1v) is 8.54. The van der Waals surface area contributed by atoms with Gasteiger partial charge >= 0.3 is 0 Å². The maximum Gasteiger partial charge on any atom is 0.227 e. The van der Waals surface area contributed by atoms with Gasteiger partial charge in [0.15, 0.2) is 0 Å². The molecule has 5 heteroatoms. The lowest BCUT2D eigenvalue weighted by atomic mass is 10.1. The quantitative estimate of drug-likeness (QED) is 0.710. The molecule has 1 amide bonds. The van der Waals surface area contributed by atoms with Gasteiger partial charge in [0, 0.05) is 17.3 Å². The molecule has 0 spiro atoms. The number of imidazole rings is 1. The number of halogens is 1. The topological polar surface area (TPSA) is 37.6 Å². The van der Waals surface area contributed by atoms with Crippen LogP contribution in [0.4, 0.5) is 0 Å². The smallest absolute Gasteiger partial charge is 0.227 e. The summed E-state index contributed by atoms with van der Waals surface area (Å²) in [6.45, 7) is 0.582. The van der Waals surface area contributed by atoms with Crippen LogP contribution in [-0.2, 0) is 17.8 Å². The van der Waals surface area contributed by atoms with E-state index in [0.29, 0.717) is 24.0 Å². The summed E-state index contributed by atoms with van der Waals surface area (Å²) < 4.78 is 2.04. The minimum absolute atomic E-state index is 0.122. The van der Waals surface area contributed by atoms with E-state index >= 15 is 0 Å². The van der Waals surface area contributed by atoms with Gasteiger partial charge < -0.3 is 9.30 Å². The van der Waals surface area contributed by atoms with Crippen LogP contribution >= 0.6 is 11.6 Å². The van der Waals surface area contributed by atoms with E-state index in [4.69, 9.17) is 11.6 Å². The van der Waals surface area contributed by atoms with Crippen LogP contribution in [0.3, 0.4) is 0 Å². The van der Waals surface area contributed by atoms with E-state index in [1.807, 2.05) is 64.2 Å². The number of aromatic nitrogens is 2. The Labute approximate surface area is 145 Å².